The second-order valence-corrected chi connectivity index (χ2v) is 5.48. The van der Waals surface area contributed by atoms with Crippen LogP contribution in [-0.4, -0.2) is 5.78 Å². The molecule has 2 heteroatoms. The number of rotatable bonds is 3. The number of aryl methyl sites for hydroxylation is 1. The monoisotopic (exact) mass is 268 g/mol. The summed E-state index contributed by atoms with van der Waals surface area (Å²) in [6, 6.07) is 14.7. The van der Waals surface area contributed by atoms with Gasteiger partial charge in [-0.05, 0) is 48.1 Å². The van der Waals surface area contributed by atoms with E-state index in [-0.39, 0.29) is 17.5 Å². The molecule has 1 atom stereocenters. The van der Waals surface area contributed by atoms with Crippen LogP contribution in [0.25, 0.3) is 0 Å². The first-order valence-electron chi connectivity index (χ1n) is 7.06. The third-order valence-corrected chi connectivity index (χ3v) is 4.07. The lowest BCUT2D eigenvalue weighted by Gasteiger charge is -2.23. The SMILES string of the molecule is O=C(Cc1cccc(F)c1)C1CCc2ccccc2C1. The van der Waals surface area contributed by atoms with E-state index >= 15 is 0 Å². The number of halogens is 1. The molecule has 0 bridgehead atoms. The lowest BCUT2D eigenvalue weighted by atomic mass is 9.80. The molecule has 0 heterocycles. The molecule has 20 heavy (non-hydrogen) atoms. The van der Waals surface area contributed by atoms with E-state index in [9.17, 15) is 9.18 Å². The molecule has 0 aliphatic heterocycles. The molecule has 0 saturated carbocycles. The number of fused-ring (bicyclic) bond motifs is 1. The highest BCUT2D eigenvalue weighted by molar-refractivity contribution is 5.83. The quantitative estimate of drug-likeness (QED) is 0.828. The van der Waals surface area contributed by atoms with Crippen LogP contribution in [0, 0.1) is 11.7 Å². The smallest absolute Gasteiger partial charge is 0.140 e. The van der Waals surface area contributed by atoms with Crippen LogP contribution in [0.2, 0.25) is 0 Å². The number of ketones is 1. The molecule has 1 aliphatic carbocycles. The van der Waals surface area contributed by atoms with Crippen molar-refractivity contribution in [2.45, 2.75) is 25.7 Å². The van der Waals surface area contributed by atoms with Crippen molar-refractivity contribution in [1.29, 1.82) is 0 Å². The normalized spacial score (nSPS) is 17.6. The van der Waals surface area contributed by atoms with Crippen molar-refractivity contribution in [3.8, 4) is 0 Å². The fourth-order valence-electron chi connectivity index (χ4n) is 2.97. The summed E-state index contributed by atoms with van der Waals surface area (Å²) < 4.78 is 13.1. The third-order valence-electron chi connectivity index (χ3n) is 4.07. The number of hydrogen-bond acceptors (Lipinski definition) is 1. The van der Waals surface area contributed by atoms with Crippen molar-refractivity contribution < 1.29 is 9.18 Å². The van der Waals surface area contributed by atoms with Crippen LogP contribution in [0.1, 0.15) is 23.1 Å². The lowest BCUT2D eigenvalue weighted by molar-refractivity contribution is -0.122. The average molecular weight is 268 g/mol. The molecular formula is C18H17FO. The molecule has 0 spiro atoms. The van der Waals surface area contributed by atoms with Gasteiger partial charge in [-0.15, -0.1) is 0 Å². The summed E-state index contributed by atoms with van der Waals surface area (Å²) in [6.07, 6.45) is 3.04. The molecule has 102 valence electrons. The number of carbonyl (C=O) groups excluding carboxylic acids is 1. The number of carbonyl (C=O) groups is 1. The fourth-order valence-corrected chi connectivity index (χ4v) is 2.97. The fraction of sp³-hybridized carbons (Fsp3) is 0.278. The van der Waals surface area contributed by atoms with Gasteiger partial charge < -0.3 is 0 Å². The van der Waals surface area contributed by atoms with Gasteiger partial charge in [-0.25, -0.2) is 4.39 Å². The molecule has 2 aromatic rings. The van der Waals surface area contributed by atoms with E-state index in [1.807, 2.05) is 18.2 Å². The highest BCUT2D eigenvalue weighted by Gasteiger charge is 2.24. The molecule has 1 aliphatic rings. The van der Waals surface area contributed by atoms with Crippen LogP contribution in [0.5, 0.6) is 0 Å². The van der Waals surface area contributed by atoms with Gasteiger partial charge in [0, 0.05) is 12.3 Å². The standard InChI is InChI=1S/C18H17FO/c19-17-7-3-4-13(10-17)11-18(20)16-9-8-14-5-1-2-6-15(14)12-16/h1-7,10,16H,8-9,11-12H2. The van der Waals surface area contributed by atoms with Gasteiger partial charge in [0.2, 0.25) is 0 Å². The van der Waals surface area contributed by atoms with Crippen molar-refractivity contribution in [1.82, 2.24) is 0 Å². The largest absolute Gasteiger partial charge is 0.299 e. The maximum atomic E-state index is 13.1. The summed E-state index contributed by atoms with van der Waals surface area (Å²) in [5.41, 5.74) is 3.42. The first kappa shape index (κ1) is 13.0. The van der Waals surface area contributed by atoms with Crippen LogP contribution < -0.4 is 0 Å². The summed E-state index contributed by atoms with van der Waals surface area (Å²) in [6.45, 7) is 0. The Morgan fingerprint density at radius 1 is 1.10 bits per heavy atom. The first-order chi connectivity index (χ1) is 9.72. The Hall–Kier alpha value is -1.96. The Kier molecular flexibility index (Phi) is 3.64. The van der Waals surface area contributed by atoms with Crippen molar-refractivity contribution in [3.63, 3.8) is 0 Å². The van der Waals surface area contributed by atoms with Crippen LogP contribution >= 0.6 is 0 Å². The molecule has 0 saturated heterocycles. The minimum Gasteiger partial charge on any atom is -0.299 e. The zero-order valence-corrected chi connectivity index (χ0v) is 11.3. The van der Waals surface area contributed by atoms with Crippen LogP contribution in [0.4, 0.5) is 4.39 Å². The van der Waals surface area contributed by atoms with Gasteiger partial charge in [-0.1, -0.05) is 36.4 Å². The van der Waals surface area contributed by atoms with Crippen LogP contribution in [-0.2, 0) is 24.1 Å². The summed E-state index contributed by atoms with van der Waals surface area (Å²) in [5.74, 6) is 0.0301. The highest BCUT2D eigenvalue weighted by Crippen LogP contribution is 2.26. The third kappa shape index (κ3) is 2.79. The second kappa shape index (κ2) is 5.58. The molecule has 0 radical (unpaired) electrons. The van der Waals surface area contributed by atoms with Crippen molar-refractivity contribution in [2.75, 3.05) is 0 Å². The summed E-state index contributed by atoms with van der Waals surface area (Å²) in [4.78, 5) is 12.4. The summed E-state index contributed by atoms with van der Waals surface area (Å²) in [7, 11) is 0. The molecule has 3 rings (SSSR count). The maximum absolute atomic E-state index is 13.1. The van der Waals surface area contributed by atoms with E-state index in [4.69, 9.17) is 0 Å². The van der Waals surface area contributed by atoms with Crippen LogP contribution in [0.15, 0.2) is 48.5 Å². The molecule has 2 aromatic carbocycles. The first-order valence-corrected chi connectivity index (χ1v) is 7.06. The van der Waals surface area contributed by atoms with E-state index in [2.05, 4.69) is 12.1 Å². The van der Waals surface area contributed by atoms with Gasteiger partial charge in [-0.3, -0.25) is 4.79 Å². The van der Waals surface area contributed by atoms with Gasteiger partial charge >= 0.3 is 0 Å². The summed E-state index contributed by atoms with van der Waals surface area (Å²) in [5, 5.41) is 0. The van der Waals surface area contributed by atoms with E-state index in [0.29, 0.717) is 6.42 Å². The van der Waals surface area contributed by atoms with E-state index in [1.54, 1.807) is 6.07 Å². The molecular weight excluding hydrogens is 251 g/mol. The Morgan fingerprint density at radius 2 is 1.90 bits per heavy atom. The lowest BCUT2D eigenvalue weighted by Crippen LogP contribution is -2.24. The molecule has 1 unspecified atom stereocenters. The van der Waals surface area contributed by atoms with Crippen LogP contribution in [0.3, 0.4) is 0 Å². The average Bonchev–Trinajstić information content (AvgIpc) is 2.47. The molecule has 0 fully saturated rings. The molecule has 0 N–H and O–H groups in total. The van der Waals surface area contributed by atoms with E-state index < -0.39 is 0 Å². The van der Waals surface area contributed by atoms with Crippen molar-refractivity contribution in [3.05, 3.63) is 71.0 Å². The number of Topliss-reactive ketones (excluding diaryl/α,β-unsaturated/α-hetero) is 1. The van der Waals surface area contributed by atoms with Gasteiger partial charge in [0.25, 0.3) is 0 Å². The topological polar surface area (TPSA) is 17.1 Å². The maximum Gasteiger partial charge on any atom is 0.140 e. The Bertz CT molecular complexity index is 633. The second-order valence-electron chi connectivity index (χ2n) is 5.48. The Labute approximate surface area is 118 Å². The Morgan fingerprint density at radius 3 is 2.70 bits per heavy atom. The Balaban J connectivity index is 1.70. The van der Waals surface area contributed by atoms with E-state index in [1.165, 1.54) is 23.3 Å². The minimum absolute atomic E-state index is 0.0770. The molecule has 0 aromatic heterocycles. The molecule has 1 nitrogen and oxygen atoms in total. The summed E-state index contributed by atoms with van der Waals surface area (Å²) >= 11 is 0. The van der Waals surface area contributed by atoms with Gasteiger partial charge in [0.15, 0.2) is 0 Å². The predicted molar refractivity (Wildman–Crippen MR) is 77.1 cm³/mol. The predicted octanol–water partition coefficient (Wildman–Crippen LogP) is 3.74. The zero-order valence-electron chi connectivity index (χ0n) is 11.3. The minimum atomic E-state index is -0.274. The number of hydrogen-bond donors (Lipinski definition) is 0. The number of benzene rings is 2. The van der Waals surface area contributed by atoms with Gasteiger partial charge in [0.1, 0.15) is 11.6 Å². The van der Waals surface area contributed by atoms with Crippen molar-refractivity contribution >= 4 is 5.78 Å². The molecule has 0 amide bonds. The van der Waals surface area contributed by atoms with Gasteiger partial charge in [0.05, 0.1) is 0 Å². The highest BCUT2D eigenvalue weighted by atomic mass is 19.1. The zero-order chi connectivity index (χ0) is 13.9. The van der Waals surface area contributed by atoms with Crippen molar-refractivity contribution in [2.24, 2.45) is 5.92 Å². The van der Waals surface area contributed by atoms with Gasteiger partial charge in [-0.2, -0.15) is 0 Å². The van der Waals surface area contributed by atoms with E-state index in [0.717, 1.165) is 24.8 Å².